The van der Waals surface area contributed by atoms with Gasteiger partial charge in [0.05, 0.1) is 52.8 Å². The first kappa shape index (κ1) is 27.9. The van der Waals surface area contributed by atoms with Crippen molar-refractivity contribution in [2.75, 3.05) is 48.8 Å². The van der Waals surface area contributed by atoms with Crippen molar-refractivity contribution < 1.29 is 19.4 Å². The fraction of sp³-hybridized carbons (Fsp3) is 0.250. The van der Waals surface area contributed by atoms with Gasteiger partial charge in [0.2, 0.25) is 11.9 Å². The Morgan fingerprint density at radius 1 is 1.17 bits per heavy atom. The van der Waals surface area contributed by atoms with Crippen molar-refractivity contribution in [1.82, 2.24) is 24.5 Å². The van der Waals surface area contributed by atoms with Crippen molar-refractivity contribution in [2.24, 2.45) is 0 Å². The van der Waals surface area contributed by atoms with Crippen LogP contribution in [-0.2, 0) is 9.59 Å². The molecular weight excluding hydrogens is 548 g/mol. The number of methoxy groups -OCH3 is 1. The minimum absolute atomic E-state index is 0.261. The van der Waals surface area contributed by atoms with E-state index in [1.54, 1.807) is 34.9 Å². The molecule has 1 atom stereocenters. The Morgan fingerprint density at radius 3 is 2.66 bits per heavy atom. The van der Waals surface area contributed by atoms with Gasteiger partial charge in [-0.3, -0.25) is 9.59 Å². The largest absolute Gasteiger partial charge is 0.494 e. The number of pyridine rings is 1. The van der Waals surface area contributed by atoms with Crippen molar-refractivity contribution >= 4 is 51.9 Å². The summed E-state index contributed by atoms with van der Waals surface area (Å²) in [5, 5.41) is 20.5. The van der Waals surface area contributed by atoms with Crippen LogP contribution in [0.4, 0.5) is 23.0 Å². The van der Waals surface area contributed by atoms with E-state index in [9.17, 15) is 14.7 Å². The van der Waals surface area contributed by atoms with Gasteiger partial charge in [0.25, 0.3) is 5.91 Å². The van der Waals surface area contributed by atoms with E-state index in [0.717, 1.165) is 11.1 Å². The number of halogens is 1. The first-order valence-electron chi connectivity index (χ1n) is 12.9. The van der Waals surface area contributed by atoms with Gasteiger partial charge >= 0.3 is 0 Å². The first-order chi connectivity index (χ1) is 19.8. The summed E-state index contributed by atoms with van der Waals surface area (Å²) in [5.41, 5.74) is 3.81. The molecule has 0 spiro atoms. The molecule has 4 heterocycles. The molecule has 1 saturated heterocycles. The van der Waals surface area contributed by atoms with Gasteiger partial charge in [-0.2, -0.15) is 5.10 Å². The lowest BCUT2D eigenvalue weighted by molar-refractivity contribution is -0.139. The second-order valence-electron chi connectivity index (χ2n) is 9.36. The van der Waals surface area contributed by atoms with E-state index < -0.39 is 6.10 Å². The summed E-state index contributed by atoms with van der Waals surface area (Å²) in [7, 11) is 1.54. The zero-order chi connectivity index (χ0) is 29.1. The molecule has 5 rings (SSSR count). The number of benzene rings is 1. The maximum atomic E-state index is 12.3. The Labute approximate surface area is 241 Å². The molecule has 1 aromatic carbocycles. The number of aliphatic hydroxyl groups excluding tert-OH is 1. The molecule has 4 aromatic rings. The number of piperazine rings is 1. The van der Waals surface area contributed by atoms with Crippen molar-refractivity contribution in [3.05, 3.63) is 66.6 Å². The summed E-state index contributed by atoms with van der Waals surface area (Å²) in [6.07, 6.45) is 5.17. The number of carbonyl (C=O) groups excluding carboxylic acids is 2. The van der Waals surface area contributed by atoms with E-state index in [0.29, 0.717) is 59.7 Å². The standard InChI is InChI=1S/C28H29ClN8O4/c1-4-25(39)32-20-13-21(24(41-3)14-23(20)35-9-11-36(12-10-35)27(40)17(2)38)33-28-30-16-19(29)26(34-28)18-15-31-37-8-6-5-7-22(18)37/h4-8,13-17,38H,1,9-12H2,2-3H3,(H,32,39)(H,30,33,34)/t17-/m0/s1. The molecule has 1 aliphatic heterocycles. The first-order valence-corrected chi connectivity index (χ1v) is 13.3. The molecular formula is C28H29ClN8O4. The lowest BCUT2D eigenvalue weighted by Crippen LogP contribution is -2.51. The van der Waals surface area contributed by atoms with E-state index >= 15 is 0 Å². The molecule has 0 radical (unpaired) electrons. The number of amides is 2. The minimum Gasteiger partial charge on any atom is -0.494 e. The maximum absolute atomic E-state index is 12.3. The number of aromatic nitrogens is 4. The summed E-state index contributed by atoms with van der Waals surface area (Å²) in [5.74, 6) is 0.0453. The number of carbonyl (C=O) groups is 2. The van der Waals surface area contributed by atoms with Crippen LogP contribution in [0.1, 0.15) is 6.92 Å². The van der Waals surface area contributed by atoms with Crippen LogP contribution in [0.2, 0.25) is 5.02 Å². The average molecular weight is 577 g/mol. The molecule has 1 fully saturated rings. The third-order valence-corrected chi connectivity index (χ3v) is 7.00. The highest BCUT2D eigenvalue weighted by molar-refractivity contribution is 6.33. The Bertz CT molecular complexity index is 1610. The number of rotatable bonds is 8. The third kappa shape index (κ3) is 5.79. The normalized spacial score (nSPS) is 14.0. The second kappa shape index (κ2) is 11.8. The summed E-state index contributed by atoms with van der Waals surface area (Å²) in [6, 6.07) is 9.24. The monoisotopic (exact) mass is 576 g/mol. The predicted molar refractivity (Wildman–Crippen MR) is 157 cm³/mol. The van der Waals surface area contributed by atoms with E-state index in [4.69, 9.17) is 16.3 Å². The van der Waals surface area contributed by atoms with Crippen molar-refractivity contribution in [3.63, 3.8) is 0 Å². The Hall–Kier alpha value is -4.68. The van der Waals surface area contributed by atoms with Gasteiger partial charge in [0.1, 0.15) is 11.9 Å². The number of ether oxygens (including phenoxy) is 1. The van der Waals surface area contributed by atoms with Gasteiger partial charge in [0.15, 0.2) is 0 Å². The molecule has 12 nitrogen and oxygen atoms in total. The van der Waals surface area contributed by atoms with Crippen LogP contribution in [0.25, 0.3) is 16.8 Å². The number of hydrogen-bond donors (Lipinski definition) is 3. The van der Waals surface area contributed by atoms with Gasteiger partial charge in [0, 0.05) is 44.0 Å². The zero-order valence-corrected chi connectivity index (χ0v) is 23.3. The average Bonchev–Trinajstić information content (AvgIpc) is 3.42. The zero-order valence-electron chi connectivity index (χ0n) is 22.5. The van der Waals surface area contributed by atoms with Crippen molar-refractivity contribution in [2.45, 2.75) is 13.0 Å². The van der Waals surface area contributed by atoms with Crippen molar-refractivity contribution in [1.29, 1.82) is 0 Å². The number of aliphatic hydroxyl groups is 1. The van der Waals surface area contributed by atoms with Gasteiger partial charge in [-0.25, -0.2) is 14.5 Å². The molecule has 3 aromatic heterocycles. The van der Waals surface area contributed by atoms with E-state index in [1.165, 1.54) is 19.2 Å². The Morgan fingerprint density at radius 2 is 1.95 bits per heavy atom. The van der Waals surface area contributed by atoms with Crippen LogP contribution in [0, 0.1) is 0 Å². The SMILES string of the molecule is C=CC(=O)Nc1cc(Nc2ncc(Cl)c(-c3cnn4ccccc34)n2)c(OC)cc1N1CCN(C(=O)[C@H](C)O)CC1. The Kier molecular flexibility index (Phi) is 8.04. The molecule has 212 valence electrons. The van der Waals surface area contributed by atoms with E-state index in [1.807, 2.05) is 29.3 Å². The smallest absolute Gasteiger partial charge is 0.251 e. The minimum atomic E-state index is -1.06. The highest BCUT2D eigenvalue weighted by Crippen LogP contribution is 2.39. The maximum Gasteiger partial charge on any atom is 0.251 e. The number of hydrogen-bond acceptors (Lipinski definition) is 9. The fourth-order valence-electron chi connectivity index (χ4n) is 4.67. The Balaban J connectivity index is 1.47. The molecule has 0 aliphatic carbocycles. The number of fused-ring (bicyclic) bond motifs is 1. The molecule has 0 unspecified atom stereocenters. The second-order valence-corrected chi connectivity index (χ2v) is 9.76. The third-order valence-electron chi connectivity index (χ3n) is 6.72. The summed E-state index contributed by atoms with van der Waals surface area (Å²) < 4.78 is 7.43. The predicted octanol–water partition coefficient (Wildman–Crippen LogP) is 3.35. The molecule has 1 aliphatic rings. The quantitative estimate of drug-likeness (QED) is 0.270. The number of nitrogens with zero attached hydrogens (tertiary/aromatic N) is 6. The molecule has 0 bridgehead atoms. The van der Waals surface area contributed by atoms with Gasteiger partial charge in [-0.15, -0.1) is 0 Å². The lowest BCUT2D eigenvalue weighted by Gasteiger charge is -2.37. The molecule has 13 heteroatoms. The molecule has 3 N–H and O–H groups in total. The van der Waals surface area contributed by atoms with Crippen LogP contribution in [0.15, 0.2) is 61.6 Å². The lowest BCUT2D eigenvalue weighted by atomic mass is 10.1. The topological polar surface area (TPSA) is 137 Å². The van der Waals surface area contributed by atoms with Crippen molar-refractivity contribution in [3.8, 4) is 17.0 Å². The van der Waals surface area contributed by atoms with Crippen LogP contribution >= 0.6 is 11.6 Å². The summed E-state index contributed by atoms with van der Waals surface area (Å²) >= 11 is 6.49. The van der Waals surface area contributed by atoms with Crippen LogP contribution in [0.5, 0.6) is 5.75 Å². The van der Waals surface area contributed by atoms with E-state index in [-0.39, 0.29) is 17.8 Å². The van der Waals surface area contributed by atoms with Gasteiger partial charge in [-0.05, 0) is 31.2 Å². The molecule has 2 amide bonds. The fourth-order valence-corrected chi connectivity index (χ4v) is 4.86. The van der Waals surface area contributed by atoms with Gasteiger partial charge in [-0.1, -0.05) is 24.2 Å². The molecule has 0 saturated carbocycles. The molecule has 41 heavy (non-hydrogen) atoms. The number of nitrogens with one attached hydrogen (secondary N) is 2. The van der Waals surface area contributed by atoms with Crippen LogP contribution in [-0.4, -0.2) is 80.8 Å². The highest BCUT2D eigenvalue weighted by atomic mass is 35.5. The van der Waals surface area contributed by atoms with Crippen LogP contribution in [0.3, 0.4) is 0 Å². The van der Waals surface area contributed by atoms with Gasteiger partial charge < -0.3 is 30.3 Å². The highest BCUT2D eigenvalue weighted by Gasteiger charge is 2.26. The summed E-state index contributed by atoms with van der Waals surface area (Å²) in [6.45, 7) is 6.85. The van der Waals surface area contributed by atoms with Crippen LogP contribution < -0.4 is 20.3 Å². The number of anilines is 4. The summed E-state index contributed by atoms with van der Waals surface area (Å²) in [4.78, 5) is 37.3. The van der Waals surface area contributed by atoms with E-state index in [2.05, 4.69) is 32.3 Å².